The Bertz CT molecular complexity index is 554. The van der Waals surface area contributed by atoms with E-state index in [2.05, 4.69) is 22.4 Å². The number of rotatable bonds is 2. The van der Waals surface area contributed by atoms with Gasteiger partial charge in [-0.2, -0.15) is 0 Å². The fourth-order valence-electron chi connectivity index (χ4n) is 2.55. The van der Waals surface area contributed by atoms with E-state index in [1.807, 2.05) is 30.5 Å². The first kappa shape index (κ1) is 11.2. The molecule has 0 saturated heterocycles. The minimum atomic E-state index is 0.179. The lowest BCUT2D eigenvalue weighted by Gasteiger charge is -2.27. The van der Waals surface area contributed by atoms with E-state index in [1.165, 1.54) is 16.8 Å². The molecule has 1 atom stereocenters. The van der Waals surface area contributed by atoms with Crippen LogP contribution in [0.4, 0.5) is 0 Å². The number of aromatic nitrogens is 1. The van der Waals surface area contributed by atoms with Gasteiger partial charge in [0.15, 0.2) is 0 Å². The van der Waals surface area contributed by atoms with Gasteiger partial charge in [-0.1, -0.05) is 24.3 Å². The molecule has 92 valence electrons. The normalized spacial score (nSPS) is 18.2. The quantitative estimate of drug-likeness (QED) is 0.874. The largest absolute Gasteiger partial charge is 0.496 e. The summed E-state index contributed by atoms with van der Waals surface area (Å²) in [6.07, 6.45) is 2.85. The van der Waals surface area contributed by atoms with Gasteiger partial charge in [-0.3, -0.25) is 4.98 Å². The molecule has 1 aliphatic heterocycles. The van der Waals surface area contributed by atoms with Crippen LogP contribution < -0.4 is 10.1 Å². The van der Waals surface area contributed by atoms with Crippen molar-refractivity contribution in [2.24, 2.45) is 0 Å². The molecule has 3 nitrogen and oxygen atoms in total. The average molecular weight is 240 g/mol. The first-order chi connectivity index (χ1) is 8.90. The number of nitrogens with zero attached hydrogens (tertiary/aromatic N) is 1. The third-order valence-corrected chi connectivity index (χ3v) is 3.40. The van der Waals surface area contributed by atoms with Crippen LogP contribution in [0.15, 0.2) is 42.6 Å². The summed E-state index contributed by atoms with van der Waals surface area (Å²) in [6.45, 7) is 0.951. The van der Waals surface area contributed by atoms with E-state index >= 15 is 0 Å². The molecule has 2 aromatic rings. The topological polar surface area (TPSA) is 34.1 Å². The van der Waals surface area contributed by atoms with Crippen LogP contribution in [0.1, 0.15) is 22.9 Å². The molecular weight excluding hydrogens is 224 g/mol. The highest BCUT2D eigenvalue weighted by atomic mass is 16.5. The van der Waals surface area contributed by atoms with Crippen molar-refractivity contribution in [3.05, 3.63) is 59.4 Å². The van der Waals surface area contributed by atoms with E-state index in [0.717, 1.165) is 18.7 Å². The van der Waals surface area contributed by atoms with Crippen LogP contribution in [0.2, 0.25) is 0 Å². The van der Waals surface area contributed by atoms with Gasteiger partial charge in [0.2, 0.25) is 0 Å². The second-order valence-electron chi connectivity index (χ2n) is 4.42. The summed E-state index contributed by atoms with van der Waals surface area (Å²) >= 11 is 0. The third-order valence-electron chi connectivity index (χ3n) is 3.40. The molecule has 0 radical (unpaired) electrons. The van der Waals surface area contributed by atoms with Gasteiger partial charge in [0.05, 0.1) is 13.2 Å². The maximum Gasteiger partial charge on any atom is 0.123 e. The molecule has 1 aromatic carbocycles. The summed E-state index contributed by atoms with van der Waals surface area (Å²) in [6, 6.07) is 12.5. The van der Waals surface area contributed by atoms with Crippen LogP contribution in [0.25, 0.3) is 0 Å². The summed E-state index contributed by atoms with van der Waals surface area (Å²) in [5.41, 5.74) is 3.62. The zero-order chi connectivity index (χ0) is 12.4. The number of ether oxygens (including phenoxy) is 1. The summed E-state index contributed by atoms with van der Waals surface area (Å²) < 4.78 is 5.45. The second-order valence-corrected chi connectivity index (χ2v) is 4.42. The Hall–Kier alpha value is -1.87. The summed E-state index contributed by atoms with van der Waals surface area (Å²) in [4.78, 5) is 4.47. The molecule has 0 fully saturated rings. The Morgan fingerprint density at radius 3 is 2.89 bits per heavy atom. The number of benzene rings is 1. The molecule has 0 bridgehead atoms. The van der Waals surface area contributed by atoms with Gasteiger partial charge in [0.25, 0.3) is 0 Å². The zero-order valence-corrected chi connectivity index (χ0v) is 10.4. The Morgan fingerprint density at radius 2 is 2.00 bits per heavy atom. The Kier molecular flexibility index (Phi) is 2.99. The number of nitrogens with one attached hydrogen (secondary N) is 1. The van der Waals surface area contributed by atoms with Crippen LogP contribution in [0, 0.1) is 0 Å². The fourth-order valence-corrected chi connectivity index (χ4v) is 2.55. The molecular formula is C15H16N2O. The van der Waals surface area contributed by atoms with Crippen molar-refractivity contribution in [3.63, 3.8) is 0 Å². The molecule has 18 heavy (non-hydrogen) atoms. The lowest BCUT2D eigenvalue weighted by atomic mass is 9.92. The number of hydrogen-bond donors (Lipinski definition) is 1. The monoisotopic (exact) mass is 240 g/mol. The number of methoxy groups -OCH3 is 1. The van der Waals surface area contributed by atoms with E-state index in [4.69, 9.17) is 4.74 Å². The first-order valence-corrected chi connectivity index (χ1v) is 6.20. The van der Waals surface area contributed by atoms with E-state index in [0.29, 0.717) is 0 Å². The maximum atomic E-state index is 5.45. The van der Waals surface area contributed by atoms with Crippen molar-refractivity contribution in [3.8, 4) is 5.75 Å². The van der Waals surface area contributed by atoms with Crippen LogP contribution >= 0.6 is 0 Å². The lowest BCUT2D eigenvalue weighted by Crippen LogP contribution is -2.31. The first-order valence-electron chi connectivity index (χ1n) is 6.20. The van der Waals surface area contributed by atoms with E-state index in [1.54, 1.807) is 7.11 Å². The maximum absolute atomic E-state index is 5.45. The smallest absolute Gasteiger partial charge is 0.123 e. The highest BCUT2D eigenvalue weighted by molar-refractivity contribution is 5.43. The predicted molar refractivity (Wildman–Crippen MR) is 70.8 cm³/mol. The molecule has 1 aromatic heterocycles. The Balaban J connectivity index is 2.08. The minimum Gasteiger partial charge on any atom is -0.496 e. The highest BCUT2D eigenvalue weighted by Gasteiger charge is 2.23. The van der Waals surface area contributed by atoms with Crippen LogP contribution in [-0.2, 0) is 6.42 Å². The predicted octanol–water partition coefficient (Wildman–Crippen LogP) is 2.33. The number of para-hydroxylation sites is 1. The molecule has 3 rings (SSSR count). The zero-order valence-electron chi connectivity index (χ0n) is 10.4. The van der Waals surface area contributed by atoms with E-state index in [-0.39, 0.29) is 6.04 Å². The lowest BCUT2D eigenvalue weighted by molar-refractivity contribution is 0.402. The molecule has 1 aliphatic rings. The van der Waals surface area contributed by atoms with Crippen molar-refractivity contribution in [1.82, 2.24) is 10.3 Å². The van der Waals surface area contributed by atoms with Gasteiger partial charge >= 0.3 is 0 Å². The molecule has 0 spiro atoms. The van der Waals surface area contributed by atoms with Crippen molar-refractivity contribution < 1.29 is 4.74 Å². The van der Waals surface area contributed by atoms with Gasteiger partial charge in [-0.25, -0.2) is 0 Å². The molecule has 1 unspecified atom stereocenters. The molecule has 2 heterocycles. The Labute approximate surface area is 107 Å². The standard InChI is InChI=1S/C15H16N2O/c1-18-14-7-3-2-5-12(14)15-11-6-4-9-16-13(11)8-10-17-15/h2-7,9,15,17H,8,10H2,1H3. The minimum absolute atomic E-state index is 0.179. The Morgan fingerprint density at radius 1 is 1.17 bits per heavy atom. The fraction of sp³-hybridized carbons (Fsp3) is 0.267. The van der Waals surface area contributed by atoms with Crippen LogP contribution in [0.5, 0.6) is 5.75 Å². The van der Waals surface area contributed by atoms with Crippen molar-refractivity contribution in [2.45, 2.75) is 12.5 Å². The van der Waals surface area contributed by atoms with E-state index < -0.39 is 0 Å². The van der Waals surface area contributed by atoms with Crippen LogP contribution in [0.3, 0.4) is 0 Å². The van der Waals surface area contributed by atoms with Crippen molar-refractivity contribution in [2.75, 3.05) is 13.7 Å². The van der Waals surface area contributed by atoms with Gasteiger partial charge < -0.3 is 10.1 Å². The van der Waals surface area contributed by atoms with Crippen molar-refractivity contribution in [1.29, 1.82) is 0 Å². The van der Waals surface area contributed by atoms with Crippen LogP contribution in [-0.4, -0.2) is 18.6 Å². The summed E-state index contributed by atoms with van der Waals surface area (Å²) in [7, 11) is 1.71. The summed E-state index contributed by atoms with van der Waals surface area (Å²) in [5, 5.41) is 3.55. The van der Waals surface area contributed by atoms with Gasteiger partial charge in [-0.15, -0.1) is 0 Å². The number of fused-ring (bicyclic) bond motifs is 1. The second kappa shape index (κ2) is 4.78. The molecule has 3 heteroatoms. The number of hydrogen-bond acceptors (Lipinski definition) is 3. The highest BCUT2D eigenvalue weighted by Crippen LogP contribution is 2.32. The third kappa shape index (κ3) is 1.87. The molecule has 0 amide bonds. The molecule has 0 aliphatic carbocycles. The summed E-state index contributed by atoms with van der Waals surface area (Å²) in [5.74, 6) is 0.923. The average Bonchev–Trinajstić information content (AvgIpc) is 2.46. The van der Waals surface area contributed by atoms with Gasteiger partial charge in [0, 0.05) is 30.4 Å². The number of pyridine rings is 1. The molecule has 0 saturated carbocycles. The van der Waals surface area contributed by atoms with Crippen molar-refractivity contribution >= 4 is 0 Å². The van der Waals surface area contributed by atoms with E-state index in [9.17, 15) is 0 Å². The van der Waals surface area contributed by atoms with Gasteiger partial charge in [-0.05, 0) is 17.7 Å². The molecule has 1 N–H and O–H groups in total. The SMILES string of the molecule is COc1ccccc1C1NCCc2ncccc21. The van der Waals surface area contributed by atoms with Gasteiger partial charge in [0.1, 0.15) is 5.75 Å².